The second-order valence-corrected chi connectivity index (χ2v) is 9.91. The van der Waals surface area contributed by atoms with E-state index in [1.807, 2.05) is 13.8 Å². The molecule has 0 radical (unpaired) electrons. The summed E-state index contributed by atoms with van der Waals surface area (Å²) >= 11 is 0. The van der Waals surface area contributed by atoms with Crippen LogP contribution in [0.15, 0.2) is 35.3 Å². The lowest BCUT2D eigenvalue weighted by atomic mass is 9.84. The Labute approximate surface area is 218 Å². The lowest BCUT2D eigenvalue weighted by molar-refractivity contribution is 0.0648. The summed E-state index contributed by atoms with van der Waals surface area (Å²) in [5.74, 6) is -1.48. The summed E-state index contributed by atoms with van der Waals surface area (Å²) in [6, 6.07) is 4.68. The molecule has 1 aromatic carbocycles. The van der Waals surface area contributed by atoms with Gasteiger partial charge in [-0.3, -0.25) is 9.59 Å². The predicted molar refractivity (Wildman–Crippen MR) is 134 cm³/mol. The van der Waals surface area contributed by atoms with Crippen LogP contribution in [0, 0.1) is 11.7 Å². The predicted octanol–water partition coefficient (Wildman–Crippen LogP) is 5.14. The number of carbonyl (C=O) groups is 1. The third-order valence-electron chi connectivity index (χ3n) is 7.73. The Kier molecular flexibility index (Phi) is 8.44. The van der Waals surface area contributed by atoms with Crippen molar-refractivity contribution in [2.24, 2.45) is 5.92 Å². The van der Waals surface area contributed by atoms with Gasteiger partial charge in [-0.2, -0.15) is 0 Å². The fourth-order valence-electron chi connectivity index (χ4n) is 5.38. The number of pyridine rings is 1. The lowest BCUT2D eigenvalue weighted by Crippen LogP contribution is -2.53. The van der Waals surface area contributed by atoms with Crippen molar-refractivity contribution < 1.29 is 26.7 Å². The third-order valence-corrected chi connectivity index (χ3v) is 7.73. The van der Waals surface area contributed by atoms with Gasteiger partial charge in [0.1, 0.15) is 11.4 Å². The number of fused-ring (bicyclic) bond motifs is 3. The molecule has 1 aromatic heterocycles. The normalized spacial score (nSPS) is 23.1. The minimum Gasteiger partial charge on any atom is -0.380 e. The van der Waals surface area contributed by atoms with Gasteiger partial charge in [0.25, 0.3) is 24.3 Å². The van der Waals surface area contributed by atoms with Gasteiger partial charge in [-0.25, -0.2) is 22.0 Å². The minimum atomic E-state index is -3.01. The number of aromatic nitrogens is 1. The standard InChI is InChI=1S/C25H27F5N4O2.C2H6/c26-21-15(2-1-3-16(21)22(27)28)11-31-23(36)17-12-34(25(6-7-25)24(29)30)20(35)10-18(17)32-19-13-33-8-4-14(19)5-9-33;1-2/h1-3,10,12,14,19,22,24,32H,4-9,11,13H2,(H,31,36);1-2H3. The molecule has 208 valence electrons. The van der Waals surface area contributed by atoms with E-state index in [2.05, 4.69) is 15.5 Å². The lowest BCUT2D eigenvalue weighted by Gasteiger charge is -2.45. The SMILES string of the molecule is CC.O=C(NCc1cccc(C(F)F)c1F)c1cn(C2(C(F)F)CC2)c(=O)cc1NC1CN2CCC1CC2. The fourth-order valence-corrected chi connectivity index (χ4v) is 5.38. The molecule has 4 aliphatic rings. The zero-order valence-electron chi connectivity index (χ0n) is 21.5. The van der Waals surface area contributed by atoms with E-state index >= 15 is 0 Å². The number of hydrogen-bond donors (Lipinski definition) is 2. The Bertz CT molecular complexity index is 1210. The number of nitrogens with one attached hydrogen (secondary N) is 2. The van der Waals surface area contributed by atoms with Gasteiger partial charge in [-0.05, 0) is 44.7 Å². The molecule has 1 amide bonds. The van der Waals surface area contributed by atoms with Crippen LogP contribution in [0.2, 0.25) is 0 Å². The molecule has 3 aliphatic heterocycles. The van der Waals surface area contributed by atoms with E-state index in [9.17, 15) is 31.5 Å². The first-order valence-corrected chi connectivity index (χ1v) is 13.1. The van der Waals surface area contributed by atoms with Crippen LogP contribution < -0.4 is 16.2 Å². The first kappa shape index (κ1) is 28.1. The smallest absolute Gasteiger partial charge is 0.266 e. The molecule has 4 fully saturated rings. The summed E-state index contributed by atoms with van der Waals surface area (Å²) in [4.78, 5) is 28.4. The number of benzene rings is 1. The van der Waals surface area contributed by atoms with E-state index in [0.29, 0.717) is 5.92 Å². The van der Waals surface area contributed by atoms with Crippen molar-refractivity contribution in [1.82, 2.24) is 14.8 Å². The summed E-state index contributed by atoms with van der Waals surface area (Å²) in [6.45, 7) is 6.32. The number of carbonyl (C=O) groups excluding carboxylic acids is 1. The van der Waals surface area contributed by atoms with Crippen LogP contribution in [0.5, 0.6) is 0 Å². The maximum atomic E-state index is 14.4. The molecular weight excluding hydrogens is 507 g/mol. The van der Waals surface area contributed by atoms with Gasteiger partial charge >= 0.3 is 0 Å². The van der Waals surface area contributed by atoms with Crippen LogP contribution >= 0.6 is 0 Å². The van der Waals surface area contributed by atoms with Gasteiger partial charge in [-0.15, -0.1) is 0 Å². The molecule has 0 spiro atoms. The largest absolute Gasteiger partial charge is 0.380 e. The van der Waals surface area contributed by atoms with Crippen molar-refractivity contribution in [3.8, 4) is 0 Å². The number of anilines is 1. The fraction of sp³-hybridized carbons (Fsp3) is 0.556. The zero-order valence-corrected chi connectivity index (χ0v) is 21.5. The second kappa shape index (κ2) is 11.4. The van der Waals surface area contributed by atoms with Gasteiger partial charge in [0.2, 0.25) is 0 Å². The summed E-state index contributed by atoms with van der Waals surface area (Å²) in [5.41, 5.74) is -2.98. The maximum absolute atomic E-state index is 14.4. The molecule has 1 atom stereocenters. The molecule has 6 nitrogen and oxygen atoms in total. The molecule has 1 saturated carbocycles. The van der Waals surface area contributed by atoms with Crippen molar-refractivity contribution in [2.75, 3.05) is 25.0 Å². The molecular formula is C27H33F5N4O2. The third kappa shape index (κ3) is 5.43. The number of halogens is 5. The molecule has 4 heterocycles. The number of hydrogen-bond acceptors (Lipinski definition) is 4. The number of nitrogens with zero attached hydrogens (tertiary/aromatic N) is 2. The Balaban J connectivity index is 0.00000164. The maximum Gasteiger partial charge on any atom is 0.266 e. The van der Waals surface area contributed by atoms with E-state index in [1.165, 1.54) is 18.2 Å². The summed E-state index contributed by atoms with van der Waals surface area (Å²) < 4.78 is 69.0. The highest BCUT2D eigenvalue weighted by molar-refractivity contribution is 5.99. The average molecular weight is 541 g/mol. The first-order chi connectivity index (χ1) is 18.2. The molecule has 11 heteroatoms. The van der Waals surface area contributed by atoms with E-state index in [4.69, 9.17) is 0 Å². The van der Waals surface area contributed by atoms with Crippen molar-refractivity contribution in [2.45, 2.75) is 70.5 Å². The van der Waals surface area contributed by atoms with Gasteiger partial charge in [0.05, 0.1) is 16.8 Å². The van der Waals surface area contributed by atoms with E-state index in [0.717, 1.165) is 49.3 Å². The highest BCUT2D eigenvalue weighted by Crippen LogP contribution is 2.48. The zero-order chi connectivity index (χ0) is 27.6. The molecule has 3 saturated heterocycles. The highest BCUT2D eigenvalue weighted by Gasteiger charge is 2.53. The average Bonchev–Trinajstić information content (AvgIpc) is 3.72. The molecule has 38 heavy (non-hydrogen) atoms. The molecule has 6 rings (SSSR count). The van der Waals surface area contributed by atoms with Crippen molar-refractivity contribution >= 4 is 11.6 Å². The molecule has 1 aliphatic carbocycles. The number of piperidine rings is 3. The van der Waals surface area contributed by atoms with Gasteiger partial charge in [0, 0.05) is 37.0 Å². The van der Waals surface area contributed by atoms with Crippen molar-refractivity contribution in [3.05, 3.63) is 63.3 Å². The Morgan fingerprint density at radius 1 is 1.13 bits per heavy atom. The van der Waals surface area contributed by atoms with Crippen LogP contribution in [0.1, 0.15) is 67.4 Å². The van der Waals surface area contributed by atoms with Crippen LogP contribution in [0.25, 0.3) is 0 Å². The summed E-state index contributed by atoms with van der Waals surface area (Å²) in [7, 11) is 0. The van der Waals surface area contributed by atoms with Gasteiger partial charge in [-0.1, -0.05) is 32.0 Å². The first-order valence-electron chi connectivity index (χ1n) is 13.1. The second-order valence-electron chi connectivity index (χ2n) is 9.91. The van der Waals surface area contributed by atoms with Crippen LogP contribution in [0.4, 0.5) is 27.6 Å². The monoisotopic (exact) mass is 540 g/mol. The van der Waals surface area contributed by atoms with E-state index in [-0.39, 0.29) is 42.2 Å². The minimum absolute atomic E-state index is 0.0144. The molecule has 2 bridgehead atoms. The van der Waals surface area contributed by atoms with Crippen molar-refractivity contribution in [1.29, 1.82) is 0 Å². The van der Waals surface area contributed by atoms with Crippen LogP contribution in [-0.2, 0) is 12.1 Å². The number of amides is 1. The Morgan fingerprint density at radius 2 is 1.82 bits per heavy atom. The number of rotatable bonds is 8. The van der Waals surface area contributed by atoms with Crippen LogP contribution in [-0.4, -0.2) is 47.5 Å². The summed E-state index contributed by atoms with van der Waals surface area (Å²) in [5, 5.41) is 5.79. The molecule has 2 aromatic rings. The van der Waals surface area contributed by atoms with Gasteiger partial charge in [0.15, 0.2) is 0 Å². The highest BCUT2D eigenvalue weighted by atomic mass is 19.3. The Morgan fingerprint density at radius 3 is 2.37 bits per heavy atom. The molecule has 2 N–H and O–H groups in total. The Hall–Kier alpha value is -2.95. The van der Waals surface area contributed by atoms with Gasteiger partial charge < -0.3 is 20.1 Å². The topological polar surface area (TPSA) is 66.4 Å². The molecule has 1 unspecified atom stereocenters. The van der Waals surface area contributed by atoms with Crippen molar-refractivity contribution in [3.63, 3.8) is 0 Å². The summed E-state index contributed by atoms with van der Waals surface area (Å²) in [6.07, 6.45) is -2.46. The van der Waals surface area contributed by atoms with Crippen LogP contribution in [0.3, 0.4) is 0 Å². The van der Waals surface area contributed by atoms with E-state index < -0.39 is 41.2 Å². The number of alkyl halides is 4. The van der Waals surface area contributed by atoms with E-state index in [1.54, 1.807) is 0 Å². The quantitative estimate of drug-likeness (QED) is 0.455.